The van der Waals surface area contributed by atoms with Gasteiger partial charge in [0.2, 0.25) is 0 Å². The Morgan fingerprint density at radius 1 is 1.54 bits per heavy atom. The third kappa shape index (κ3) is 1.96. The first-order valence-electron chi connectivity index (χ1n) is 3.44. The fourth-order valence-corrected chi connectivity index (χ4v) is 3.00. The van der Waals surface area contributed by atoms with Gasteiger partial charge in [-0.3, -0.25) is 4.79 Å². The van der Waals surface area contributed by atoms with Gasteiger partial charge in [0.05, 0.1) is 12.9 Å². The van der Waals surface area contributed by atoms with Gasteiger partial charge in [-0.25, -0.2) is 17.2 Å². The van der Waals surface area contributed by atoms with Gasteiger partial charge >= 0.3 is 5.97 Å². The van der Waals surface area contributed by atoms with Crippen molar-refractivity contribution in [3.8, 4) is 0 Å². The summed E-state index contributed by atoms with van der Waals surface area (Å²) in [5, 5.41) is 0. The summed E-state index contributed by atoms with van der Waals surface area (Å²) in [7, 11) is -2.86. The average Bonchev–Trinajstić information content (AvgIpc) is 2.17. The second-order valence-corrected chi connectivity index (χ2v) is 5.00. The van der Waals surface area contributed by atoms with Gasteiger partial charge in [-0.15, -0.1) is 0 Å². The second-order valence-electron chi connectivity index (χ2n) is 2.89. The lowest BCUT2D eigenvalue weighted by molar-refractivity contribution is -0.155. The highest BCUT2D eigenvalue weighted by atomic mass is 32.2. The van der Waals surface area contributed by atoms with Crippen LogP contribution in [0.5, 0.6) is 0 Å². The fourth-order valence-electron chi connectivity index (χ4n) is 1.21. The van der Waals surface area contributed by atoms with Gasteiger partial charge in [0.15, 0.2) is 9.84 Å². The van der Waals surface area contributed by atoms with E-state index in [2.05, 4.69) is 4.74 Å². The van der Waals surface area contributed by atoms with Gasteiger partial charge in [-0.05, 0) is 0 Å². The number of methoxy groups -OCH3 is 1. The quantitative estimate of drug-likeness (QED) is 0.569. The standard InChI is InChI=1S/C6H8F2O4S/c1-12-5(9)4-2-13(10,11)3-6(4,7)8/h4H,2-3H2,1H3. The van der Waals surface area contributed by atoms with E-state index in [-0.39, 0.29) is 0 Å². The van der Waals surface area contributed by atoms with Gasteiger partial charge in [0.25, 0.3) is 5.92 Å². The van der Waals surface area contributed by atoms with Crippen molar-refractivity contribution in [3.63, 3.8) is 0 Å². The summed E-state index contributed by atoms with van der Waals surface area (Å²) < 4.78 is 51.4. The van der Waals surface area contributed by atoms with Crippen molar-refractivity contribution in [2.75, 3.05) is 18.6 Å². The highest BCUT2D eigenvalue weighted by Gasteiger charge is 2.56. The van der Waals surface area contributed by atoms with Crippen molar-refractivity contribution < 1.29 is 26.7 Å². The average molecular weight is 214 g/mol. The first kappa shape index (κ1) is 10.4. The lowest BCUT2D eigenvalue weighted by Gasteiger charge is -2.13. The number of carbonyl (C=O) groups is 1. The van der Waals surface area contributed by atoms with E-state index in [1.165, 1.54) is 0 Å². The zero-order valence-corrected chi connectivity index (χ0v) is 7.61. The molecule has 0 aliphatic carbocycles. The Hall–Kier alpha value is -0.720. The van der Waals surface area contributed by atoms with Crippen LogP contribution in [0.4, 0.5) is 8.78 Å². The van der Waals surface area contributed by atoms with Crippen LogP contribution >= 0.6 is 0 Å². The Kier molecular flexibility index (Phi) is 2.31. The Morgan fingerprint density at radius 2 is 2.08 bits per heavy atom. The van der Waals surface area contributed by atoms with Crippen molar-refractivity contribution in [3.05, 3.63) is 0 Å². The largest absolute Gasteiger partial charge is 0.469 e. The summed E-state index contributed by atoms with van der Waals surface area (Å²) in [6.07, 6.45) is 0. The van der Waals surface area contributed by atoms with Gasteiger partial charge in [0.1, 0.15) is 11.7 Å². The Morgan fingerprint density at radius 3 is 2.38 bits per heavy atom. The van der Waals surface area contributed by atoms with Crippen LogP contribution in [0.2, 0.25) is 0 Å². The third-order valence-corrected chi connectivity index (χ3v) is 3.49. The van der Waals surface area contributed by atoms with E-state index >= 15 is 0 Å². The van der Waals surface area contributed by atoms with E-state index in [1.807, 2.05) is 0 Å². The van der Waals surface area contributed by atoms with Gasteiger partial charge in [-0.1, -0.05) is 0 Å². The van der Waals surface area contributed by atoms with Crippen LogP contribution in [0.3, 0.4) is 0 Å². The lowest BCUT2D eigenvalue weighted by atomic mass is 10.1. The van der Waals surface area contributed by atoms with Crippen molar-refractivity contribution in [2.24, 2.45) is 5.92 Å². The molecule has 13 heavy (non-hydrogen) atoms. The summed E-state index contributed by atoms with van der Waals surface area (Å²) >= 11 is 0. The summed E-state index contributed by atoms with van der Waals surface area (Å²) in [6, 6.07) is 0. The third-order valence-electron chi connectivity index (χ3n) is 1.83. The van der Waals surface area contributed by atoms with Crippen molar-refractivity contribution >= 4 is 15.8 Å². The monoisotopic (exact) mass is 214 g/mol. The maximum absolute atomic E-state index is 12.9. The molecule has 0 amide bonds. The number of esters is 1. The number of sulfone groups is 1. The molecule has 0 aromatic rings. The molecule has 1 saturated heterocycles. The van der Waals surface area contributed by atoms with E-state index in [4.69, 9.17) is 0 Å². The number of hydrogen-bond donors (Lipinski definition) is 0. The molecule has 0 N–H and O–H groups in total. The molecule has 1 aliphatic rings. The first-order valence-corrected chi connectivity index (χ1v) is 5.27. The molecule has 0 bridgehead atoms. The van der Waals surface area contributed by atoms with Crippen molar-refractivity contribution in [1.29, 1.82) is 0 Å². The highest BCUT2D eigenvalue weighted by Crippen LogP contribution is 2.35. The molecule has 1 fully saturated rings. The first-order chi connectivity index (χ1) is 5.78. The number of halogens is 2. The summed E-state index contributed by atoms with van der Waals surface area (Å²) in [4.78, 5) is 10.8. The zero-order valence-electron chi connectivity index (χ0n) is 6.79. The lowest BCUT2D eigenvalue weighted by Crippen LogP contribution is -2.33. The summed E-state index contributed by atoms with van der Waals surface area (Å²) in [5.41, 5.74) is 0. The predicted molar refractivity (Wildman–Crippen MR) is 39.1 cm³/mol. The Labute approximate surface area is 73.8 Å². The van der Waals surface area contributed by atoms with Crippen LogP contribution in [0.15, 0.2) is 0 Å². The molecule has 0 aromatic heterocycles. The molecule has 1 rings (SSSR count). The molecule has 7 heteroatoms. The fraction of sp³-hybridized carbons (Fsp3) is 0.833. The van der Waals surface area contributed by atoms with Crippen LogP contribution in [0, 0.1) is 5.92 Å². The van der Waals surface area contributed by atoms with E-state index in [1.54, 1.807) is 0 Å². The SMILES string of the molecule is COC(=O)C1CS(=O)(=O)CC1(F)F. The molecule has 76 valence electrons. The molecule has 4 nitrogen and oxygen atoms in total. The predicted octanol–water partition coefficient (Wildman–Crippen LogP) is -0.161. The molecule has 1 atom stereocenters. The summed E-state index contributed by atoms with van der Waals surface area (Å²) in [5.74, 6) is -8.60. The summed E-state index contributed by atoms with van der Waals surface area (Å²) in [6.45, 7) is 0. The van der Waals surface area contributed by atoms with E-state index in [0.717, 1.165) is 7.11 Å². The maximum atomic E-state index is 12.9. The maximum Gasteiger partial charge on any atom is 0.315 e. The highest BCUT2D eigenvalue weighted by molar-refractivity contribution is 7.91. The molecule has 0 saturated carbocycles. The molecule has 1 heterocycles. The number of alkyl halides is 2. The minimum absolute atomic E-state index is 0.827. The van der Waals surface area contributed by atoms with Crippen LogP contribution < -0.4 is 0 Å². The molecule has 1 aliphatic heterocycles. The smallest absolute Gasteiger partial charge is 0.315 e. The molecular formula is C6H8F2O4S. The second kappa shape index (κ2) is 2.90. The number of carbonyl (C=O) groups excluding carboxylic acids is 1. The van der Waals surface area contributed by atoms with Crippen LogP contribution in [0.1, 0.15) is 0 Å². The number of hydrogen-bond acceptors (Lipinski definition) is 4. The van der Waals surface area contributed by atoms with Gasteiger partial charge in [0, 0.05) is 0 Å². The molecule has 0 radical (unpaired) electrons. The molecule has 0 spiro atoms. The topological polar surface area (TPSA) is 60.4 Å². The van der Waals surface area contributed by atoms with Crippen molar-refractivity contribution in [1.82, 2.24) is 0 Å². The Bertz CT molecular complexity index is 322. The minimum Gasteiger partial charge on any atom is -0.469 e. The normalized spacial score (nSPS) is 29.9. The van der Waals surface area contributed by atoms with Crippen LogP contribution in [-0.2, 0) is 19.4 Å². The van der Waals surface area contributed by atoms with Gasteiger partial charge in [-0.2, -0.15) is 0 Å². The van der Waals surface area contributed by atoms with Crippen molar-refractivity contribution in [2.45, 2.75) is 5.92 Å². The van der Waals surface area contributed by atoms with E-state index in [0.29, 0.717) is 0 Å². The molecule has 1 unspecified atom stereocenters. The molecule has 0 aromatic carbocycles. The molecular weight excluding hydrogens is 206 g/mol. The van der Waals surface area contributed by atoms with Gasteiger partial charge < -0.3 is 4.74 Å². The minimum atomic E-state index is -3.81. The zero-order chi connectivity index (χ0) is 10.3. The van der Waals surface area contributed by atoms with E-state index in [9.17, 15) is 22.0 Å². The Balaban J connectivity index is 2.95. The van der Waals surface area contributed by atoms with E-state index < -0.39 is 39.2 Å². The number of ether oxygens (including phenoxy) is 1. The number of rotatable bonds is 1. The van der Waals surface area contributed by atoms with Crippen LogP contribution in [-0.4, -0.2) is 38.9 Å². The van der Waals surface area contributed by atoms with Crippen LogP contribution in [0.25, 0.3) is 0 Å².